The van der Waals surface area contributed by atoms with Gasteiger partial charge in [0.25, 0.3) is 5.91 Å². The second kappa shape index (κ2) is 8.47. The number of aliphatic imine (C=N–C) groups is 1. The van der Waals surface area contributed by atoms with Gasteiger partial charge in [-0.3, -0.25) is 14.4 Å². The highest BCUT2D eigenvalue weighted by atomic mass is 19.1. The fraction of sp³-hybridized carbons (Fsp3) is 0.182. The Morgan fingerprint density at radius 1 is 1.31 bits per heavy atom. The molecule has 1 amide bonds. The molecule has 0 fully saturated rings. The van der Waals surface area contributed by atoms with Gasteiger partial charge in [-0.25, -0.2) is 13.6 Å². The van der Waals surface area contributed by atoms with Crippen LogP contribution in [0.5, 0.6) is 0 Å². The summed E-state index contributed by atoms with van der Waals surface area (Å²) >= 11 is 0. The lowest BCUT2D eigenvalue weighted by atomic mass is 9.99. The zero-order valence-corrected chi connectivity index (χ0v) is 16.7. The molecule has 0 aliphatic carbocycles. The van der Waals surface area contributed by atoms with Crippen LogP contribution in [0.3, 0.4) is 0 Å². The Hall–Kier alpha value is -4.26. The summed E-state index contributed by atoms with van der Waals surface area (Å²) in [5.41, 5.74) is 1.02. The minimum atomic E-state index is -1.11. The van der Waals surface area contributed by atoms with Gasteiger partial charge in [0.15, 0.2) is 5.58 Å². The van der Waals surface area contributed by atoms with Gasteiger partial charge in [0.1, 0.15) is 23.9 Å². The molecule has 2 atom stereocenters. The van der Waals surface area contributed by atoms with Crippen LogP contribution in [-0.4, -0.2) is 28.8 Å². The number of fused-ring (bicyclic) bond motifs is 1. The molecule has 10 heteroatoms. The van der Waals surface area contributed by atoms with Crippen LogP contribution in [0.1, 0.15) is 5.56 Å². The fourth-order valence-electron chi connectivity index (χ4n) is 3.31. The molecular weight excluding hydrogens is 422 g/mol. The van der Waals surface area contributed by atoms with Gasteiger partial charge in [0.05, 0.1) is 24.0 Å². The summed E-state index contributed by atoms with van der Waals surface area (Å²) < 4.78 is 41.0. The minimum Gasteiger partial charge on any atom is -0.481 e. The number of hydrogen-bond donors (Lipinski definition) is 1. The van der Waals surface area contributed by atoms with Gasteiger partial charge in [0.2, 0.25) is 6.10 Å². The number of carbonyl (C=O) groups excluding carboxylic acids is 1. The number of nitrogens with zero attached hydrogens (tertiary/aromatic N) is 3. The number of rotatable bonds is 5. The number of benzene rings is 2. The summed E-state index contributed by atoms with van der Waals surface area (Å²) in [5, 5.41) is 11.8. The maximum Gasteiger partial charge on any atom is 0.419 e. The van der Waals surface area contributed by atoms with E-state index in [1.54, 1.807) is 0 Å². The van der Waals surface area contributed by atoms with Crippen LogP contribution < -0.4 is 11.1 Å². The van der Waals surface area contributed by atoms with E-state index in [-0.39, 0.29) is 17.5 Å². The monoisotopic (exact) mass is 438 g/mol. The highest BCUT2D eigenvalue weighted by Crippen LogP contribution is 2.28. The van der Waals surface area contributed by atoms with Crippen LogP contribution >= 0.6 is 0 Å². The van der Waals surface area contributed by atoms with Crippen molar-refractivity contribution in [1.29, 1.82) is 5.26 Å². The van der Waals surface area contributed by atoms with Gasteiger partial charge in [-0.2, -0.15) is 5.26 Å². The molecule has 1 aliphatic heterocycles. The topological polar surface area (TPSA) is 110 Å². The van der Waals surface area contributed by atoms with Crippen LogP contribution in [0.2, 0.25) is 0 Å². The van der Waals surface area contributed by atoms with E-state index in [1.807, 2.05) is 6.07 Å². The molecule has 1 aliphatic rings. The third-order valence-electron chi connectivity index (χ3n) is 4.99. The second-order valence-corrected chi connectivity index (χ2v) is 7.07. The highest BCUT2D eigenvalue weighted by molar-refractivity contribution is 5.97. The summed E-state index contributed by atoms with van der Waals surface area (Å²) in [5.74, 6) is -2.65. The van der Waals surface area contributed by atoms with E-state index in [1.165, 1.54) is 48.5 Å². The van der Waals surface area contributed by atoms with Gasteiger partial charge in [-0.15, -0.1) is 0 Å². The second-order valence-electron chi connectivity index (χ2n) is 7.07. The SMILES string of the molecule is Cn1c(=O)oc2ccc(-c3cc(F)c(CC(C#N)NC(=O)[C@@H]4C=NC=CO4)cc3F)cc21. The zero-order valence-electron chi connectivity index (χ0n) is 16.7. The standard InChI is InChI=1S/C22H16F2N4O4/c1-28-18-8-12(2-3-19(18)32-22(28)30)15-9-16(23)13(7-17(15)24)6-14(10-25)27-21(29)20-11-26-4-5-31-20/h2-5,7-9,11,14,20H,6H2,1H3,(H,27,29)/t14?,20-/m0/s1. The number of amides is 1. The lowest BCUT2D eigenvalue weighted by molar-refractivity contribution is -0.126. The molecule has 0 saturated heterocycles. The summed E-state index contributed by atoms with van der Waals surface area (Å²) in [4.78, 5) is 27.6. The molecule has 0 radical (unpaired) electrons. The van der Waals surface area contributed by atoms with Gasteiger partial charge in [-0.1, -0.05) is 6.07 Å². The van der Waals surface area contributed by atoms with Crippen molar-refractivity contribution in [2.24, 2.45) is 12.0 Å². The molecule has 1 aromatic heterocycles. The smallest absolute Gasteiger partial charge is 0.419 e. The average molecular weight is 438 g/mol. The molecule has 8 nitrogen and oxygen atoms in total. The molecule has 2 aromatic carbocycles. The van der Waals surface area contributed by atoms with E-state index in [9.17, 15) is 23.6 Å². The third kappa shape index (κ3) is 4.00. The van der Waals surface area contributed by atoms with Crippen LogP contribution in [0, 0.1) is 23.0 Å². The highest BCUT2D eigenvalue weighted by Gasteiger charge is 2.23. The number of aromatic nitrogens is 1. The maximum atomic E-state index is 14.9. The number of ether oxygens (including phenoxy) is 1. The predicted molar refractivity (Wildman–Crippen MR) is 111 cm³/mol. The van der Waals surface area contributed by atoms with E-state index < -0.39 is 35.4 Å². The normalized spacial score (nSPS) is 15.9. The number of nitriles is 1. The van der Waals surface area contributed by atoms with Gasteiger partial charge in [-0.05, 0) is 35.4 Å². The molecule has 0 bridgehead atoms. The number of nitrogens with one attached hydrogen (secondary N) is 1. The predicted octanol–water partition coefficient (Wildman–Crippen LogP) is 2.57. The van der Waals surface area contributed by atoms with Crippen LogP contribution in [0.15, 0.2) is 57.0 Å². The Morgan fingerprint density at radius 3 is 2.84 bits per heavy atom. The molecule has 162 valence electrons. The van der Waals surface area contributed by atoms with E-state index in [2.05, 4.69) is 10.3 Å². The van der Waals surface area contributed by atoms with E-state index >= 15 is 0 Å². The zero-order chi connectivity index (χ0) is 22.8. The van der Waals surface area contributed by atoms with Crippen molar-refractivity contribution >= 4 is 23.2 Å². The first kappa shape index (κ1) is 21.0. The lowest BCUT2D eigenvalue weighted by Crippen LogP contribution is -2.43. The van der Waals surface area contributed by atoms with Crippen LogP contribution in [0.4, 0.5) is 8.78 Å². The number of carbonyl (C=O) groups is 1. The first-order valence-corrected chi connectivity index (χ1v) is 9.49. The van der Waals surface area contributed by atoms with Crippen molar-refractivity contribution in [2.45, 2.75) is 18.6 Å². The molecule has 0 saturated carbocycles. The van der Waals surface area contributed by atoms with E-state index in [0.29, 0.717) is 16.7 Å². The maximum absolute atomic E-state index is 14.9. The first-order valence-electron chi connectivity index (χ1n) is 9.49. The summed E-state index contributed by atoms with van der Waals surface area (Å²) in [6, 6.07) is 7.30. The van der Waals surface area contributed by atoms with Crippen molar-refractivity contribution in [1.82, 2.24) is 9.88 Å². The molecule has 32 heavy (non-hydrogen) atoms. The van der Waals surface area contributed by atoms with E-state index in [4.69, 9.17) is 9.15 Å². The summed E-state index contributed by atoms with van der Waals surface area (Å²) in [6.07, 6.45) is 2.59. The Morgan fingerprint density at radius 2 is 2.12 bits per heavy atom. The van der Waals surface area contributed by atoms with Gasteiger partial charge in [0, 0.05) is 19.0 Å². The number of halogens is 2. The Balaban J connectivity index is 1.57. The third-order valence-corrected chi connectivity index (χ3v) is 4.99. The minimum absolute atomic E-state index is 0.0158. The average Bonchev–Trinajstić information content (AvgIpc) is 3.08. The molecule has 0 spiro atoms. The van der Waals surface area contributed by atoms with E-state index in [0.717, 1.165) is 12.1 Å². The van der Waals surface area contributed by atoms with Crippen LogP contribution in [-0.2, 0) is 23.0 Å². The van der Waals surface area contributed by atoms with Crippen molar-refractivity contribution in [3.63, 3.8) is 0 Å². The molecule has 2 heterocycles. The van der Waals surface area contributed by atoms with Crippen molar-refractivity contribution in [3.05, 3.63) is 70.5 Å². The summed E-state index contributed by atoms with van der Waals surface area (Å²) in [6.45, 7) is 0. The number of aryl methyl sites for hydroxylation is 1. The van der Waals surface area contributed by atoms with Crippen molar-refractivity contribution in [3.8, 4) is 17.2 Å². The van der Waals surface area contributed by atoms with Crippen LogP contribution in [0.25, 0.3) is 22.2 Å². The number of oxazole rings is 1. The van der Waals surface area contributed by atoms with Gasteiger partial charge < -0.3 is 14.5 Å². The first-order chi connectivity index (χ1) is 15.4. The van der Waals surface area contributed by atoms with Crippen molar-refractivity contribution in [2.75, 3.05) is 0 Å². The van der Waals surface area contributed by atoms with Gasteiger partial charge >= 0.3 is 5.76 Å². The quantitative estimate of drug-likeness (QED) is 0.659. The molecule has 3 aromatic rings. The molecule has 1 N–H and O–H groups in total. The number of hydrogen-bond acceptors (Lipinski definition) is 6. The largest absolute Gasteiger partial charge is 0.481 e. The summed E-state index contributed by atoms with van der Waals surface area (Å²) in [7, 11) is 1.51. The lowest BCUT2D eigenvalue weighted by Gasteiger charge is -2.17. The molecule has 4 rings (SSSR count). The molecular formula is C22H16F2N4O4. The van der Waals surface area contributed by atoms with Crippen molar-refractivity contribution < 1.29 is 22.7 Å². The Bertz CT molecular complexity index is 1370. The fourth-order valence-corrected chi connectivity index (χ4v) is 3.31. The Labute approximate surface area is 180 Å². The molecule has 1 unspecified atom stereocenters. The Kier molecular flexibility index (Phi) is 5.55.